The molecule has 0 aliphatic heterocycles. The zero-order valence-electron chi connectivity index (χ0n) is 14.4. The molecule has 0 unspecified atom stereocenters. The number of nitriles is 1. The summed E-state index contributed by atoms with van der Waals surface area (Å²) in [6, 6.07) is 20.9. The summed E-state index contributed by atoms with van der Waals surface area (Å²) in [6.45, 7) is 0. The van der Waals surface area contributed by atoms with Gasteiger partial charge >= 0.3 is 0 Å². The Bertz CT molecular complexity index is 1150. The number of amides is 1. The molecular weight excluding hydrogens is 442 g/mol. The predicted octanol–water partition coefficient (Wildman–Crippen LogP) is 4.37. The lowest BCUT2D eigenvalue weighted by Gasteiger charge is -2.09. The first kappa shape index (κ1) is 19.6. The van der Waals surface area contributed by atoms with E-state index in [2.05, 4.69) is 26.0 Å². The van der Waals surface area contributed by atoms with Crippen molar-refractivity contribution in [3.05, 3.63) is 88.4 Å². The zero-order valence-corrected chi connectivity index (χ0v) is 16.8. The van der Waals surface area contributed by atoms with Crippen molar-refractivity contribution in [2.75, 3.05) is 10.0 Å². The topological polar surface area (TPSA) is 99.1 Å². The Morgan fingerprint density at radius 1 is 0.929 bits per heavy atom. The van der Waals surface area contributed by atoms with Gasteiger partial charge < -0.3 is 5.32 Å². The molecule has 3 rings (SSSR count). The molecule has 0 bridgehead atoms. The summed E-state index contributed by atoms with van der Waals surface area (Å²) in [5.41, 5.74) is 1.64. The lowest BCUT2D eigenvalue weighted by Crippen LogP contribution is -2.14. The number of hydrogen-bond acceptors (Lipinski definition) is 4. The fourth-order valence-corrected chi connectivity index (χ4v) is 3.71. The molecule has 0 radical (unpaired) electrons. The Morgan fingerprint density at radius 3 is 2.25 bits per heavy atom. The van der Waals surface area contributed by atoms with E-state index in [1.165, 1.54) is 36.4 Å². The van der Waals surface area contributed by atoms with Crippen molar-refractivity contribution in [1.29, 1.82) is 5.26 Å². The van der Waals surface area contributed by atoms with Gasteiger partial charge in [-0.1, -0.05) is 22.0 Å². The van der Waals surface area contributed by atoms with E-state index < -0.39 is 10.0 Å². The van der Waals surface area contributed by atoms with Crippen LogP contribution in [0.3, 0.4) is 0 Å². The van der Waals surface area contributed by atoms with Gasteiger partial charge in [-0.05, 0) is 66.7 Å². The molecule has 0 spiro atoms. The number of nitrogens with one attached hydrogen (secondary N) is 2. The van der Waals surface area contributed by atoms with Crippen LogP contribution in [0.15, 0.2) is 82.2 Å². The molecule has 8 heteroatoms. The number of sulfonamides is 1. The average Bonchev–Trinajstić information content (AvgIpc) is 2.68. The molecule has 0 heterocycles. The quantitative estimate of drug-likeness (QED) is 0.596. The number of hydrogen-bond donors (Lipinski definition) is 2. The van der Waals surface area contributed by atoms with E-state index >= 15 is 0 Å². The number of halogens is 1. The van der Waals surface area contributed by atoms with Crippen LogP contribution in [0.2, 0.25) is 0 Å². The molecule has 28 heavy (non-hydrogen) atoms. The highest BCUT2D eigenvalue weighted by Gasteiger charge is 2.14. The van der Waals surface area contributed by atoms with E-state index in [0.717, 1.165) is 4.47 Å². The summed E-state index contributed by atoms with van der Waals surface area (Å²) in [6.07, 6.45) is 0. The van der Waals surface area contributed by atoms with Crippen molar-refractivity contribution in [2.24, 2.45) is 0 Å². The number of rotatable bonds is 5. The second kappa shape index (κ2) is 8.25. The van der Waals surface area contributed by atoms with Gasteiger partial charge in [0.15, 0.2) is 0 Å². The molecule has 3 aromatic carbocycles. The fraction of sp³-hybridized carbons (Fsp3) is 0. The second-order valence-electron chi connectivity index (χ2n) is 5.78. The SMILES string of the molecule is N#Cc1cccc(NC(=O)c2ccc(NS(=O)(=O)c3ccc(Br)cc3)cc2)c1. The van der Waals surface area contributed by atoms with E-state index in [0.29, 0.717) is 22.5 Å². The van der Waals surface area contributed by atoms with E-state index in [4.69, 9.17) is 5.26 Å². The zero-order chi connectivity index (χ0) is 20.1. The fourth-order valence-electron chi connectivity index (χ4n) is 2.39. The average molecular weight is 456 g/mol. The molecule has 0 aromatic heterocycles. The Morgan fingerprint density at radius 2 is 1.61 bits per heavy atom. The first-order valence-electron chi connectivity index (χ1n) is 8.07. The van der Waals surface area contributed by atoms with Gasteiger partial charge in [-0.15, -0.1) is 0 Å². The molecule has 0 fully saturated rings. The van der Waals surface area contributed by atoms with Crippen LogP contribution in [0.1, 0.15) is 15.9 Å². The highest BCUT2D eigenvalue weighted by Crippen LogP contribution is 2.19. The van der Waals surface area contributed by atoms with Crippen LogP contribution < -0.4 is 10.0 Å². The molecule has 0 atom stereocenters. The van der Waals surface area contributed by atoms with Crippen molar-refractivity contribution in [3.63, 3.8) is 0 Å². The molecule has 0 aliphatic rings. The van der Waals surface area contributed by atoms with Gasteiger partial charge in [0.1, 0.15) is 0 Å². The smallest absolute Gasteiger partial charge is 0.261 e. The van der Waals surface area contributed by atoms with Gasteiger partial charge in [-0.25, -0.2) is 8.42 Å². The van der Waals surface area contributed by atoms with Crippen molar-refractivity contribution < 1.29 is 13.2 Å². The van der Waals surface area contributed by atoms with Crippen LogP contribution in [0, 0.1) is 11.3 Å². The lowest BCUT2D eigenvalue weighted by atomic mass is 10.1. The molecule has 140 valence electrons. The minimum Gasteiger partial charge on any atom is -0.322 e. The maximum Gasteiger partial charge on any atom is 0.261 e. The molecule has 1 amide bonds. The molecule has 0 saturated carbocycles. The normalized spacial score (nSPS) is 10.7. The van der Waals surface area contributed by atoms with E-state index in [-0.39, 0.29) is 10.8 Å². The maximum absolute atomic E-state index is 12.4. The minimum absolute atomic E-state index is 0.134. The van der Waals surface area contributed by atoms with E-state index in [9.17, 15) is 13.2 Å². The number of benzene rings is 3. The number of nitrogens with zero attached hydrogens (tertiary/aromatic N) is 1. The van der Waals surface area contributed by atoms with Crippen LogP contribution in [0.4, 0.5) is 11.4 Å². The highest BCUT2D eigenvalue weighted by atomic mass is 79.9. The van der Waals surface area contributed by atoms with Crippen LogP contribution in [-0.4, -0.2) is 14.3 Å². The summed E-state index contributed by atoms with van der Waals surface area (Å²) in [7, 11) is -3.72. The number of carbonyl (C=O) groups is 1. The summed E-state index contributed by atoms with van der Waals surface area (Å²) in [5.74, 6) is -0.364. The standard InChI is InChI=1S/C20H14BrN3O3S/c21-16-6-10-19(11-7-16)28(26,27)24-17-8-4-15(5-9-17)20(25)23-18-3-1-2-14(12-18)13-22/h1-12,24H,(H,23,25). The van der Waals surface area contributed by atoms with E-state index in [1.807, 2.05) is 6.07 Å². The van der Waals surface area contributed by atoms with Gasteiger partial charge in [0.25, 0.3) is 15.9 Å². The largest absolute Gasteiger partial charge is 0.322 e. The third-order valence-corrected chi connectivity index (χ3v) is 5.70. The summed E-state index contributed by atoms with van der Waals surface area (Å²) < 4.78 is 28.1. The molecule has 0 aliphatic carbocycles. The van der Waals surface area contributed by atoms with Crippen molar-refractivity contribution >= 4 is 43.2 Å². The molecular formula is C20H14BrN3O3S. The summed E-state index contributed by atoms with van der Waals surface area (Å²) in [4.78, 5) is 12.5. The van der Waals surface area contributed by atoms with Crippen LogP contribution in [0.25, 0.3) is 0 Å². The van der Waals surface area contributed by atoms with Crippen LogP contribution in [0.5, 0.6) is 0 Å². The molecule has 0 saturated heterocycles. The first-order valence-corrected chi connectivity index (χ1v) is 10.3. The Hall–Kier alpha value is -3.15. The molecule has 3 aromatic rings. The molecule has 2 N–H and O–H groups in total. The first-order chi connectivity index (χ1) is 13.4. The van der Waals surface area contributed by atoms with Gasteiger partial charge in [0.05, 0.1) is 16.5 Å². The lowest BCUT2D eigenvalue weighted by molar-refractivity contribution is 0.102. The van der Waals surface area contributed by atoms with Crippen molar-refractivity contribution in [2.45, 2.75) is 4.90 Å². The van der Waals surface area contributed by atoms with Gasteiger partial charge in [0, 0.05) is 21.4 Å². The van der Waals surface area contributed by atoms with Gasteiger partial charge in [-0.3, -0.25) is 9.52 Å². The highest BCUT2D eigenvalue weighted by molar-refractivity contribution is 9.10. The van der Waals surface area contributed by atoms with Crippen LogP contribution in [-0.2, 0) is 10.0 Å². The Kier molecular flexibility index (Phi) is 5.78. The van der Waals surface area contributed by atoms with Crippen molar-refractivity contribution in [3.8, 4) is 6.07 Å². The van der Waals surface area contributed by atoms with E-state index in [1.54, 1.807) is 36.4 Å². The number of carbonyl (C=O) groups excluding carboxylic acids is 1. The van der Waals surface area contributed by atoms with Crippen LogP contribution >= 0.6 is 15.9 Å². The third kappa shape index (κ3) is 4.76. The second-order valence-corrected chi connectivity index (χ2v) is 8.38. The molecule has 6 nitrogen and oxygen atoms in total. The predicted molar refractivity (Wildman–Crippen MR) is 111 cm³/mol. The third-order valence-electron chi connectivity index (χ3n) is 3.77. The minimum atomic E-state index is -3.72. The maximum atomic E-state index is 12.4. The van der Waals surface area contributed by atoms with Gasteiger partial charge in [-0.2, -0.15) is 5.26 Å². The number of anilines is 2. The summed E-state index contributed by atoms with van der Waals surface area (Å²) >= 11 is 3.26. The monoisotopic (exact) mass is 455 g/mol. The Balaban J connectivity index is 1.71. The van der Waals surface area contributed by atoms with Crippen molar-refractivity contribution in [1.82, 2.24) is 0 Å². The van der Waals surface area contributed by atoms with Gasteiger partial charge in [0.2, 0.25) is 0 Å². The summed E-state index contributed by atoms with van der Waals surface area (Å²) in [5, 5.41) is 11.6. The Labute approximate surface area is 171 Å².